The molecule has 0 spiro atoms. The topological polar surface area (TPSA) is 20.2 Å². The zero-order valence-corrected chi connectivity index (χ0v) is 12.4. The van der Waals surface area contributed by atoms with Crippen LogP contribution < -0.4 is 0 Å². The van der Waals surface area contributed by atoms with E-state index in [0.29, 0.717) is 11.8 Å². The van der Waals surface area contributed by atoms with Crippen molar-refractivity contribution in [3.63, 3.8) is 0 Å². The molecule has 0 fully saturated rings. The summed E-state index contributed by atoms with van der Waals surface area (Å²) < 4.78 is 0. The monoisotopic (exact) mass is 250 g/mol. The predicted octanol–water partition coefficient (Wildman–Crippen LogP) is 4.87. The summed E-state index contributed by atoms with van der Waals surface area (Å²) >= 11 is 0. The highest BCUT2D eigenvalue weighted by molar-refractivity contribution is 5.15. The first kappa shape index (κ1) is 15.5. The molecule has 0 heterocycles. The summed E-state index contributed by atoms with van der Waals surface area (Å²) in [5.41, 5.74) is 1.56. The Hall–Kier alpha value is -0.560. The molecule has 1 rings (SSSR count). The molecule has 0 radical (unpaired) electrons. The van der Waals surface area contributed by atoms with Gasteiger partial charge in [-0.1, -0.05) is 56.9 Å². The van der Waals surface area contributed by atoms with Crippen molar-refractivity contribution in [1.82, 2.24) is 0 Å². The lowest BCUT2D eigenvalue weighted by atomic mass is 9.90. The van der Waals surface area contributed by atoms with Crippen LogP contribution >= 0.6 is 0 Å². The van der Waals surface area contributed by atoms with E-state index >= 15 is 0 Å². The third-order valence-electron chi connectivity index (χ3n) is 4.19. The summed E-state index contributed by atoms with van der Waals surface area (Å²) in [6.45, 7) is 6.60. The molecule has 104 valence electrons. The lowest BCUT2D eigenvalue weighted by molar-refractivity contribution is 0.100. The second-order valence-electron chi connectivity index (χ2n) is 5.75. The maximum absolute atomic E-state index is 10.2. The zero-order chi connectivity index (χ0) is 13.4. The van der Waals surface area contributed by atoms with Crippen LogP contribution in [0.4, 0.5) is 0 Å². The first-order valence-electron chi connectivity index (χ1n) is 7.67. The van der Waals surface area contributed by atoms with Crippen LogP contribution in [0.3, 0.4) is 0 Å². The van der Waals surface area contributed by atoms with E-state index in [4.69, 9.17) is 0 Å². The molecule has 1 heteroatoms. The first-order chi connectivity index (χ1) is 8.69. The van der Waals surface area contributed by atoms with Gasteiger partial charge < -0.3 is 5.11 Å². The number of aliphatic hydroxyl groups is 1. The Morgan fingerprint density at radius 3 is 2.89 bits per heavy atom. The molecule has 0 aromatic carbocycles. The van der Waals surface area contributed by atoms with Crippen molar-refractivity contribution in [3.05, 3.63) is 23.8 Å². The van der Waals surface area contributed by atoms with Crippen molar-refractivity contribution < 1.29 is 5.11 Å². The van der Waals surface area contributed by atoms with Gasteiger partial charge >= 0.3 is 0 Å². The number of unbranched alkanes of at least 4 members (excludes halogenated alkanes) is 2. The maximum Gasteiger partial charge on any atom is 0.0574 e. The largest absolute Gasteiger partial charge is 0.393 e. The second kappa shape index (κ2) is 8.53. The Bertz CT molecular complexity index is 277. The third kappa shape index (κ3) is 4.97. The van der Waals surface area contributed by atoms with Crippen molar-refractivity contribution in [2.45, 2.75) is 71.8 Å². The van der Waals surface area contributed by atoms with Crippen molar-refractivity contribution in [2.24, 2.45) is 11.8 Å². The number of hydrogen-bond acceptors (Lipinski definition) is 1. The molecule has 0 amide bonds. The van der Waals surface area contributed by atoms with Crippen LogP contribution in [0, 0.1) is 11.8 Å². The Morgan fingerprint density at radius 2 is 2.22 bits per heavy atom. The molecule has 0 aliphatic heterocycles. The number of rotatable bonds is 8. The summed E-state index contributed by atoms with van der Waals surface area (Å²) in [6.07, 6.45) is 14.7. The van der Waals surface area contributed by atoms with Gasteiger partial charge in [0, 0.05) is 0 Å². The fourth-order valence-corrected chi connectivity index (χ4v) is 2.80. The molecule has 1 nitrogen and oxygen atoms in total. The lowest BCUT2D eigenvalue weighted by Gasteiger charge is -2.19. The van der Waals surface area contributed by atoms with E-state index in [0.717, 1.165) is 25.7 Å². The summed E-state index contributed by atoms with van der Waals surface area (Å²) in [5.74, 6) is 1.14. The third-order valence-corrected chi connectivity index (χ3v) is 4.19. The molecule has 0 bridgehead atoms. The standard InChI is InChI=1S/C17H30O/c1-4-6-8-10-17(18)16-12-11-15(13-16)14(3)9-7-5-2/h5,7,11,14,16-18H,4,6,8-10,12-13H2,1-3H3/b7-5+. The van der Waals surface area contributed by atoms with Crippen molar-refractivity contribution in [3.8, 4) is 0 Å². The van der Waals surface area contributed by atoms with Gasteiger partial charge in [0.05, 0.1) is 6.10 Å². The van der Waals surface area contributed by atoms with Crippen LogP contribution in [0.1, 0.15) is 65.7 Å². The summed E-state index contributed by atoms with van der Waals surface area (Å²) in [5, 5.41) is 10.2. The minimum atomic E-state index is -0.0841. The van der Waals surface area contributed by atoms with Crippen LogP contribution in [-0.2, 0) is 0 Å². The van der Waals surface area contributed by atoms with Crippen molar-refractivity contribution >= 4 is 0 Å². The quantitative estimate of drug-likeness (QED) is 0.481. The van der Waals surface area contributed by atoms with E-state index in [1.54, 1.807) is 5.57 Å². The smallest absolute Gasteiger partial charge is 0.0574 e. The lowest BCUT2D eigenvalue weighted by Crippen LogP contribution is -2.18. The number of allylic oxidation sites excluding steroid dienone is 4. The molecule has 0 saturated heterocycles. The normalized spacial score (nSPS) is 23.3. The fourth-order valence-electron chi connectivity index (χ4n) is 2.80. The van der Waals surface area contributed by atoms with Crippen LogP contribution in [0.25, 0.3) is 0 Å². The SMILES string of the molecule is C/C=C/CC(C)C1=CCC(C(O)CCCCC)C1. The molecule has 1 N–H and O–H groups in total. The summed E-state index contributed by atoms with van der Waals surface area (Å²) in [4.78, 5) is 0. The average molecular weight is 250 g/mol. The van der Waals surface area contributed by atoms with Crippen LogP contribution in [-0.4, -0.2) is 11.2 Å². The van der Waals surface area contributed by atoms with E-state index in [2.05, 4.69) is 39.0 Å². The highest BCUT2D eigenvalue weighted by Crippen LogP contribution is 2.34. The molecule has 1 aliphatic rings. The molecular formula is C17H30O. The molecule has 0 aromatic rings. The van der Waals surface area contributed by atoms with Gasteiger partial charge in [-0.05, 0) is 44.4 Å². The molecule has 0 aromatic heterocycles. The van der Waals surface area contributed by atoms with Gasteiger partial charge in [0.1, 0.15) is 0 Å². The minimum absolute atomic E-state index is 0.0841. The summed E-state index contributed by atoms with van der Waals surface area (Å²) in [6, 6.07) is 0. The first-order valence-corrected chi connectivity index (χ1v) is 7.67. The summed E-state index contributed by atoms with van der Waals surface area (Å²) in [7, 11) is 0. The van der Waals surface area contributed by atoms with Crippen LogP contribution in [0.5, 0.6) is 0 Å². The molecule has 18 heavy (non-hydrogen) atoms. The molecule has 3 atom stereocenters. The molecule has 0 saturated carbocycles. The number of hydrogen-bond donors (Lipinski definition) is 1. The van der Waals surface area contributed by atoms with Gasteiger partial charge in [0.25, 0.3) is 0 Å². The van der Waals surface area contributed by atoms with Gasteiger partial charge in [0.15, 0.2) is 0 Å². The Kier molecular flexibility index (Phi) is 7.34. The van der Waals surface area contributed by atoms with Gasteiger partial charge in [0.2, 0.25) is 0 Å². The average Bonchev–Trinajstić information content (AvgIpc) is 2.85. The van der Waals surface area contributed by atoms with Gasteiger partial charge in [-0.2, -0.15) is 0 Å². The van der Waals surface area contributed by atoms with Gasteiger partial charge in [-0.3, -0.25) is 0 Å². The maximum atomic E-state index is 10.2. The van der Waals surface area contributed by atoms with Crippen molar-refractivity contribution in [2.75, 3.05) is 0 Å². The zero-order valence-electron chi connectivity index (χ0n) is 12.4. The Morgan fingerprint density at radius 1 is 1.44 bits per heavy atom. The van der Waals surface area contributed by atoms with E-state index in [1.807, 2.05) is 0 Å². The molecule has 1 aliphatic carbocycles. The van der Waals surface area contributed by atoms with E-state index in [-0.39, 0.29) is 6.10 Å². The highest BCUT2D eigenvalue weighted by Gasteiger charge is 2.25. The minimum Gasteiger partial charge on any atom is -0.393 e. The van der Waals surface area contributed by atoms with Gasteiger partial charge in [-0.25, -0.2) is 0 Å². The van der Waals surface area contributed by atoms with Gasteiger partial charge in [-0.15, -0.1) is 0 Å². The predicted molar refractivity (Wildman–Crippen MR) is 79.6 cm³/mol. The van der Waals surface area contributed by atoms with Crippen LogP contribution in [0.2, 0.25) is 0 Å². The van der Waals surface area contributed by atoms with E-state index in [9.17, 15) is 5.11 Å². The van der Waals surface area contributed by atoms with E-state index in [1.165, 1.54) is 19.3 Å². The molecule has 3 unspecified atom stereocenters. The molecular weight excluding hydrogens is 220 g/mol. The van der Waals surface area contributed by atoms with Crippen LogP contribution in [0.15, 0.2) is 23.8 Å². The number of aliphatic hydroxyl groups excluding tert-OH is 1. The Balaban J connectivity index is 2.30. The van der Waals surface area contributed by atoms with Crippen molar-refractivity contribution in [1.29, 1.82) is 0 Å². The second-order valence-corrected chi connectivity index (χ2v) is 5.75. The highest BCUT2D eigenvalue weighted by atomic mass is 16.3. The Labute approximate surface area is 113 Å². The van der Waals surface area contributed by atoms with E-state index < -0.39 is 0 Å². The fraction of sp³-hybridized carbons (Fsp3) is 0.765.